The first-order valence-corrected chi connectivity index (χ1v) is 5.55. The maximum absolute atomic E-state index is 12.0. The van der Waals surface area contributed by atoms with Crippen LogP contribution in [-0.2, 0) is 17.6 Å². The standard InChI is InChI=1S/C7H7.BrH.FH.Zn/c1-7-5-3-2-4-6-7;;;/h3-6H,1H3;2*1H;/q;;;+1/p-1. The Morgan fingerprint density at radius 2 is 1.70 bits per heavy atom. The molecule has 0 atom stereocenters. The molecule has 1 rings (SSSR count). The van der Waals surface area contributed by atoms with Crippen molar-refractivity contribution < 1.29 is 20.9 Å². The van der Waals surface area contributed by atoms with Crippen molar-refractivity contribution in [3.63, 3.8) is 0 Å². The van der Waals surface area contributed by atoms with Gasteiger partial charge in [-0.2, -0.15) is 0 Å². The van der Waals surface area contributed by atoms with Crippen molar-refractivity contribution in [1.29, 1.82) is 0 Å². The van der Waals surface area contributed by atoms with Crippen LogP contribution in [0.25, 0.3) is 0 Å². The zero-order chi connectivity index (χ0) is 6.69. The molecule has 0 unspecified atom stereocenters. The molecule has 0 nitrogen and oxygen atoms in total. The van der Waals surface area contributed by atoms with Gasteiger partial charge in [0, 0.05) is 0 Å². The van der Waals surface area contributed by atoms with Crippen molar-refractivity contribution in [2.24, 2.45) is 0 Å². The molecule has 0 fully saturated rings. The third-order valence-electron chi connectivity index (χ3n) is 1.27. The fourth-order valence-corrected chi connectivity index (χ4v) is 1.55. The summed E-state index contributed by atoms with van der Waals surface area (Å²) in [7, 11) is 0. The molecule has 0 amide bonds. The van der Waals surface area contributed by atoms with Gasteiger partial charge in [-0.15, -0.1) is 17.0 Å². The Morgan fingerprint density at radius 1 is 1.20 bits per heavy atom. The molecule has 0 aliphatic rings. The summed E-state index contributed by atoms with van der Waals surface area (Å²) in [5, 5.41) is 0. The second-order valence-corrected chi connectivity index (χ2v) is 4.39. The van der Waals surface area contributed by atoms with E-state index >= 15 is 0 Å². The van der Waals surface area contributed by atoms with Crippen LogP contribution in [0.1, 0.15) is 5.56 Å². The number of hydrogen-bond acceptors (Lipinski definition) is 0. The van der Waals surface area contributed by atoms with Crippen LogP contribution in [0.4, 0.5) is 3.32 Å². The first kappa shape index (κ1) is 10.3. The Balaban J connectivity index is 0.000000810. The van der Waals surface area contributed by atoms with Crippen molar-refractivity contribution in [2.75, 3.05) is 0 Å². The molecule has 10 heavy (non-hydrogen) atoms. The molecule has 0 N–H and O–H groups in total. The second kappa shape index (κ2) is 4.98. The van der Waals surface area contributed by atoms with Crippen molar-refractivity contribution in [1.82, 2.24) is 0 Å². The summed E-state index contributed by atoms with van der Waals surface area (Å²) in [6.07, 6.45) is 0. The van der Waals surface area contributed by atoms with Crippen LogP contribution in [0.5, 0.6) is 0 Å². The molecule has 52 valence electrons. The van der Waals surface area contributed by atoms with E-state index in [1.54, 1.807) is 0 Å². The molecule has 0 saturated heterocycles. The molecule has 0 radical (unpaired) electrons. The normalized spacial score (nSPS) is 7.80. The van der Waals surface area contributed by atoms with Gasteiger partial charge in [-0.3, -0.25) is 0 Å². The van der Waals surface area contributed by atoms with Gasteiger partial charge in [0.15, 0.2) is 0 Å². The number of benzene rings is 1. The summed E-state index contributed by atoms with van der Waals surface area (Å²) in [5.74, 6) is 0. The molecule has 0 aliphatic heterocycles. The predicted octanol–water partition coefficient (Wildman–Crippen LogP) is 2.17. The summed E-state index contributed by atoms with van der Waals surface area (Å²) in [4.78, 5) is 0. The summed E-state index contributed by atoms with van der Waals surface area (Å²) in [6.45, 7) is 2.01. The molecule has 0 heterocycles. The minimum absolute atomic E-state index is 0. The summed E-state index contributed by atoms with van der Waals surface area (Å²) < 4.78 is 13.0. The van der Waals surface area contributed by atoms with E-state index in [0.717, 1.165) is 4.16 Å². The van der Waals surface area contributed by atoms with Crippen molar-refractivity contribution in [3.05, 3.63) is 29.8 Å². The summed E-state index contributed by atoms with van der Waals surface area (Å²) >= 11 is -1.80. The van der Waals surface area contributed by atoms with Crippen LogP contribution in [0.2, 0.25) is 0 Å². The molecular weight excluding hydrogens is 248 g/mol. The van der Waals surface area contributed by atoms with E-state index in [4.69, 9.17) is 0 Å². The zero-order valence-corrected chi connectivity index (χ0v) is 10.5. The number of rotatable bonds is 1. The monoisotopic (exact) mass is 254 g/mol. The molecule has 0 saturated carbocycles. The molecule has 0 bridgehead atoms. The Morgan fingerprint density at radius 3 is 2.10 bits per heavy atom. The van der Waals surface area contributed by atoms with Gasteiger partial charge in [0.25, 0.3) is 0 Å². The maximum atomic E-state index is 12.0. The summed E-state index contributed by atoms with van der Waals surface area (Å²) in [6, 6.07) is 7.69. The quantitative estimate of drug-likeness (QED) is 0.676. The Hall–Kier alpha value is 0.253. The molecule has 0 spiro atoms. The van der Waals surface area contributed by atoms with Gasteiger partial charge in [0.2, 0.25) is 0 Å². The molecule has 0 aromatic heterocycles. The van der Waals surface area contributed by atoms with Crippen molar-refractivity contribution >= 4 is 21.1 Å². The van der Waals surface area contributed by atoms with Crippen molar-refractivity contribution in [3.8, 4) is 0 Å². The average Bonchev–Trinajstić information content (AvgIpc) is 1.90. The van der Waals surface area contributed by atoms with Crippen LogP contribution < -0.4 is 4.16 Å². The number of aryl methyl sites for hydroxylation is 1. The van der Waals surface area contributed by atoms with Crippen LogP contribution >= 0.6 is 17.0 Å². The average molecular weight is 256 g/mol. The fourth-order valence-electron chi connectivity index (χ4n) is 0.677. The van der Waals surface area contributed by atoms with E-state index in [1.807, 2.05) is 31.2 Å². The minimum atomic E-state index is -1.80. The van der Waals surface area contributed by atoms with E-state index in [9.17, 15) is 3.32 Å². The van der Waals surface area contributed by atoms with Crippen LogP contribution in [-0.4, -0.2) is 0 Å². The van der Waals surface area contributed by atoms with Gasteiger partial charge in [0.1, 0.15) is 0 Å². The van der Waals surface area contributed by atoms with E-state index < -0.39 is 17.6 Å². The topological polar surface area (TPSA) is 0 Å². The molecule has 3 heteroatoms. The van der Waals surface area contributed by atoms with E-state index in [0.29, 0.717) is 0 Å². The molecule has 0 aliphatic carbocycles. The third-order valence-corrected chi connectivity index (χ3v) is 2.91. The van der Waals surface area contributed by atoms with Gasteiger partial charge in [-0.05, 0) is 0 Å². The molecular formula is C7H8BrFZn. The van der Waals surface area contributed by atoms with Crippen molar-refractivity contribution in [2.45, 2.75) is 6.92 Å². The van der Waals surface area contributed by atoms with Gasteiger partial charge >= 0.3 is 61.9 Å². The Kier molecular flexibility index (Phi) is 5.10. The van der Waals surface area contributed by atoms with Crippen LogP contribution in [0, 0.1) is 6.92 Å². The fraction of sp³-hybridized carbons (Fsp3) is 0.143. The van der Waals surface area contributed by atoms with Gasteiger partial charge in [-0.25, -0.2) is 0 Å². The zero-order valence-electron chi connectivity index (χ0n) is 5.80. The first-order valence-electron chi connectivity index (χ1n) is 2.94. The van der Waals surface area contributed by atoms with Crippen LogP contribution in [0.15, 0.2) is 24.3 Å². The number of halogens is 2. The van der Waals surface area contributed by atoms with E-state index in [-0.39, 0.29) is 17.0 Å². The molecule has 1 aromatic carbocycles. The molecule has 1 aromatic rings. The predicted molar refractivity (Wildman–Crippen MR) is 42.2 cm³/mol. The Labute approximate surface area is 78.8 Å². The van der Waals surface area contributed by atoms with Gasteiger partial charge in [0.05, 0.1) is 0 Å². The summed E-state index contributed by atoms with van der Waals surface area (Å²) in [5.41, 5.74) is 1.20. The first-order chi connectivity index (χ1) is 4.33. The van der Waals surface area contributed by atoms with Gasteiger partial charge < -0.3 is 0 Å². The third kappa shape index (κ3) is 2.89. The number of hydrogen-bond donors (Lipinski definition) is 0. The second-order valence-electron chi connectivity index (χ2n) is 2.12. The van der Waals surface area contributed by atoms with Gasteiger partial charge in [-0.1, -0.05) is 0 Å². The van der Waals surface area contributed by atoms with Crippen LogP contribution in [0.3, 0.4) is 0 Å². The van der Waals surface area contributed by atoms with E-state index in [2.05, 4.69) is 0 Å². The van der Waals surface area contributed by atoms with E-state index in [1.165, 1.54) is 5.56 Å². The Bertz CT molecular complexity index is 185. The SMILES string of the molecule is Br.Cc1cc[c]([Zn][F])cc1.